The van der Waals surface area contributed by atoms with E-state index in [9.17, 15) is 15.0 Å². The predicted molar refractivity (Wildman–Crippen MR) is 128 cm³/mol. The molecule has 0 fully saturated rings. The topological polar surface area (TPSA) is 82.5 Å². The Hall–Kier alpha value is -4.16. The Morgan fingerprint density at radius 2 is 1.66 bits per heavy atom. The zero-order valence-corrected chi connectivity index (χ0v) is 17.6. The molecular formula is C26H18N2O3S. The van der Waals surface area contributed by atoms with Gasteiger partial charge in [0.1, 0.15) is 11.5 Å². The maximum atomic E-state index is 12.6. The summed E-state index contributed by atoms with van der Waals surface area (Å²) < 4.78 is 0. The van der Waals surface area contributed by atoms with Gasteiger partial charge in [0, 0.05) is 22.7 Å². The zero-order valence-electron chi connectivity index (χ0n) is 16.8. The smallest absolute Gasteiger partial charge is 0.257 e. The molecule has 32 heavy (non-hydrogen) atoms. The highest BCUT2D eigenvalue weighted by atomic mass is 32.1. The lowest BCUT2D eigenvalue weighted by molar-refractivity contribution is 0.102. The van der Waals surface area contributed by atoms with Crippen molar-refractivity contribution < 1.29 is 15.0 Å². The highest BCUT2D eigenvalue weighted by Crippen LogP contribution is 2.38. The molecule has 5 aromatic rings. The summed E-state index contributed by atoms with van der Waals surface area (Å²) in [4.78, 5) is 16.7. The molecule has 0 spiro atoms. The second kappa shape index (κ2) is 8.17. The van der Waals surface area contributed by atoms with Crippen LogP contribution in [0.3, 0.4) is 0 Å². The summed E-state index contributed by atoms with van der Waals surface area (Å²) in [6.45, 7) is 0. The molecule has 0 radical (unpaired) electrons. The van der Waals surface area contributed by atoms with Gasteiger partial charge in [-0.15, -0.1) is 11.3 Å². The van der Waals surface area contributed by atoms with Crippen molar-refractivity contribution in [3.8, 4) is 33.8 Å². The number of carbonyl (C=O) groups is 1. The third-order valence-electron chi connectivity index (χ3n) is 5.24. The number of phenols is 2. The van der Waals surface area contributed by atoms with Crippen molar-refractivity contribution in [1.29, 1.82) is 0 Å². The number of nitrogens with zero attached hydrogens (tertiary/aromatic N) is 1. The quantitative estimate of drug-likeness (QED) is 0.308. The minimum atomic E-state index is -0.257. The van der Waals surface area contributed by atoms with E-state index < -0.39 is 0 Å². The maximum absolute atomic E-state index is 12.6. The molecule has 1 heterocycles. The summed E-state index contributed by atoms with van der Waals surface area (Å²) in [6, 6.07) is 23.7. The van der Waals surface area contributed by atoms with Crippen LogP contribution in [0.4, 0.5) is 5.13 Å². The van der Waals surface area contributed by atoms with Gasteiger partial charge in [0.2, 0.25) is 0 Å². The van der Waals surface area contributed by atoms with Crippen LogP contribution in [0.25, 0.3) is 33.0 Å². The van der Waals surface area contributed by atoms with E-state index in [-0.39, 0.29) is 17.4 Å². The largest absolute Gasteiger partial charge is 0.508 e. The summed E-state index contributed by atoms with van der Waals surface area (Å²) in [5.41, 5.74) is 3.74. The van der Waals surface area contributed by atoms with E-state index in [1.807, 2.05) is 36.4 Å². The van der Waals surface area contributed by atoms with Crippen molar-refractivity contribution in [3.05, 3.63) is 96.0 Å². The number of carbonyl (C=O) groups excluding carboxylic acids is 1. The molecule has 0 aliphatic carbocycles. The number of benzene rings is 4. The fraction of sp³-hybridized carbons (Fsp3) is 0. The molecule has 0 aliphatic heterocycles. The highest BCUT2D eigenvalue weighted by molar-refractivity contribution is 7.13. The number of aromatic hydroxyl groups is 2. The molecule has 5 rings (SSSR count). The summed E-state index contributed by atoms with van der Waals surface area (Å²) >= 11 is 1.35. The van der Waals surface area contributed by atoms with Crippen LogP contribution in [0.15, 0.2) is 90.4 Å². The summed E-state index contributed by atoms with van der Waals surface area (Å²) in [7, 11) is 0. The molecule has 0 aliphatic rings. The minimum Gasteiger partial charge on any atom is -0.508 e. The predicted octanol–water partition coefficient (Wildman–Crippen LogP) is 6.29. The van der Waals surface area contributed by atoms with E-state index >= 15 is 0 Å². The molecule has 6 heteroatoms. The molecule has 3 N–H and O–H groups in total. The van der Waals surface area contributed by atoms with E-state index in [2.05, 4.69) is 10.3 Å². The number of phenolic OH excluding ortho intramolecular Hbond substituents is 2. The van der Waals surface area contributed by atoms with Gasteiger partial charge in [0.25, 0.3) is 5.91 Å². The number of amides is 1. The molecule has 0 saturated heterocycles. The Balaban J connectivity index is 1.56. The van der Waals surface area contributed by atoms with Gasteiger partial charge in [0.15, 0.2) is 5.13 Å². The first-order valence-corrected chi connectivity index (χ1v) is 10.8. The monoisotopic (exact) mass is 438 g/mol. The van der Waals surface area contributed by atoms with Gasteiger partial charge in [0.05, 0.1) is 0 Å². The SMILES string of the molecule is O=C(Nc1nccs1)c1cccc(-c2c(O)ccc3cc(-c4cccc(O)c4)ccc23)c1. The van der Waals surface area contributed by atoms with Crippen LogP contribution in [0.1, 0.15) is 10.4 Å². The Kier molecular flexibility index (Phi) is 5.05. The van der Waals surface area contributed by atoms with Crippen molar-refractivity contribution in [3.63, 3.8) is 0 Å². The molecule has 0 saturated carbocycles. The average Bonchev–Trinajstić information content (AvgIpc) is 3.32. The van der Waals surface area contributed by atoms with Gasteiger partial charge >= 0.3 is 0 Å². The van der Waals surface area contributed by atoms with Gasteiger partial charge in [-0.1, -0.05) is 42.5 Å². The Morgan fingerprint density at radius 3 is 2.47 bits per heavy atom. The normalized spacial score (nSPS) is 10.9. The first-order chi connectivity index (χ1) is 15.6. The van der Waals surface area contributed by atoms with Gasteiger partial charge in [-0.05, 0) is 63.9 Å². The molecule has 156 valence electrons. The van der Waals surface area contributed by atoms with E-state index in [0.29, 0.717) is 16.3 Å². The number of nitrogens with one attached hydrogen (secondary N) is 1. The van der Waals surface area contributed by atoms with Crippen molar-refractivity contribution in [2.75, 3.05) is 5.32 Å². The number of thiazole rings is 1. The van der Waals surface area contributed by atoms with Gasteiger partial charge in [-0.25, -0.2) is 4.98 Å². The molecule has 0 atom stereocenters. The fourth-order valence-electron chi connectivity index (χ4n) is 3.76. The third kappa shape index (κ3) is 3.79. The first-order valence-electron chi connectivity index (χ1n) is 9.95. The van der Waals surface area contributed by atoms with Crippen LogP contribution in [0.5, 0.6) is 11.5 Å². The van der Waals surface area contributed by atoms with Crippen molar-refractivity contribution in [2.24, 2.45) is 0 Å². The molecule has 1 aromatic heterocycles. The Bertz CT molecular complexity index is 1450. The molecule has 0 unspecified atom stereocenters. The lowest BCUT2D eigenvalue weighted by Gasteiger charge is -2.12. The second-order valence-electron chi connectivity index (χ2n) is 7.32. The lowest BCUT2D eigenvalue weighted by atomic mass is 9.93. The van der Waals surface area contributed by atoms with E-state index in [0.717, 1.165) is 27.5 Å². The number of hydrogen-bond donors (Lipinski definition) is 3. The number of fused-ring (bicyclic) bond motifs is 1. The van der Waals surface area contributed by atoms with Crippen molar-refractivity contribution in [1.82, 2.24) is 4.98 Å². The van der Waals surface area contributed by atoms with Crippen molar-refractivity contribution in [2.45, 2.75) is 0 Å². The number of aromatic nitrogens is 1. The van der Waals surface area contributed by atoms with Gasteiger partial charge in [-0.2, -0.15) is 0 Å². The second-order valence-corrected chi connectivity index (χ2v) is 8.21. The van der Waals surface area contributed by atoms with Gasteiger partial charge < -0.3 is 10.2 Å². The first kappa shape index (κ1) is 19.8. The van der Waals surface area contributed by atoms with Crippen LogP contribution < -0.4 is 5.32 Å². The summed E-state index contributed by atoms with van der Waals surface area (Å²) in [5, 5.41) is 27.4. The van der Waals surface area contributed by atoms with E-state index in [1.165, 1.54) is 11.3 Å². The number of hydrogen-bond acceptors (Lipinski definition) is 5. The molecule has 5 nitrogen and oxygen atoms in total. The fourth-order valence-corrected chi connectivity index (χ4v) is 4.28. The summed E-state index contributed by atoms with van der Waals surface area (Å²) in [5.74, 6) is 0.0922. The van der Waals surface area contributed by atoms with Crippen LogP contribution in [-0.4, -0.2) is 21.1 Å². The van der Waals surface area contributed by atoms with Crippen molar-refractivity contribution >= 4 is 33.1 Å². The minimum absolute atomic E-state index is 0.139. The maximum Gasteiger partial charge on any atom is 0.257 e. The van der Waals surface area contributed by atoms with E-state index in [1.54, 1.807) is 54.0 Å². The van der Waals surface area contributed by atoms with Crippen LogP contribution in [0, 0.1) is 0 Å². The van der Waals surface area contributed by atoms with Crippen LogP contribution in [0.2, 0.25) is 0 Å². The number of anilines is 1. The third-order valence-corrected chi connectivity index (χ3v) is 5.93. The van der Waals surface area contributed by atoms with Crippen LogP contribution in [-0.2, 0) is 0 Å². The Morgan fingerprint density at radius 1 is 0.844 bits per heavy atom. The van der Waals surface area contributed by atoms with Gasteiger partial charge in [-0.3, -0.25) is 10.1 Å². The van der Waals surface area contributed by atoms with E-state index in [4.69, 9.17) is 0 Å². The molecule has 0 bridgehead atoms. The number of rotatable bonds is 4. The average molecular weight is 439 g/mol. The molecule has 4 aromatic carbocycles. The Labute approximate surface area is 188 Å². The van der Waals surface area contributed by atoms with Crippen LogP contribution >= 0.6 is 11.3 Å². The lowest BCUT2D eigenvalue weighted by Crippen LogP contribution is -2.11. The standard InChI is InChI=1S/C26H18N2O3S/c29-21-6-2-3-16(15-21)17-7-9-22-18(13-17)8-10-23(30)24(22)19-4-1-5-20(14-19)25(31)28-26-27-11-12-32-26/h1-15,29-30H,(H,27,28,31). The zero-order chi connectivity index (χ0) is 22.1. The molecule has 1 amide bonds. The molecular weight excluding hydrogens is 420 g/mol. The highest BCUT2D eigenvalue weighted by Gasteiger charge is 2.14. The summed E-state index contributed by atoms with van der Waals surface area (Å²) in [6.07, 6.45) is 1.63.